The van der Waals surface area contributed by atoms with Crippen molar-refractivity contribution in [2.75, 3.05) is 14.1 Å². The molecule has 1 heterocycles. The smallest absolute Gasteiger partial charge is 0.0834 e. The molecule has 0 amide bonds. The molecule has 0 radical (unpaired) electrons. The minimum absolute atomic E-state index is 0.753. The van der Waals surface area contributed by atoms with Crippen LogP contribution in [-0.4, -0.2) is 29.0 Å². The average molecular weight is 180 g/mol. The largest absolute Gasteiger partial charge is 0.372 e. The second kappa shape index (κ2) is 4.16. The number of pyridine rings is 1. The van der Waals surface area contributed by atoms with E-state index in [0.29, 0.717) is 0 Å². The van der Waals surface area contributed by atoms with Crippen molar-refractivity contribution in [2.24, 2.45) is 0 Å². The minimum Gasteiger partial charge on any atom is -0.372 e. The fourth-order valence-electron chi connectivity index (χ4n) is 0.816. The summed E-state index contributed by atoms with van der Waals surface area (Å²) < 4.78 is 0. The molecule has 1 aromatic rings. The Labute approximate surface area is 78.2 Å². The number of aromatic nitrogens is 1. The van der Waals surface area contributed by atoms with Crippen molar-refractivity contribution in [3.8, 4) is 0 Å². The fraction of sp³-hybridized carbons (Fsp3) is 0.333. The molecule has 0 N–H and O–H groups in total. The Kier molecular flexibility index (Phi) is 3.17. The van der Waals surface area contributed by atoms with Gasteiger partial charge in [0.25, 0.3) is 0 Å². The third kappa shape index (κ3) is 2.58. The number of rotatable bonds is 2. The van der Waals surface area contributed by atoms with E-state index < -0.39 is 0 Å². The van der Waals surface area contributed by atoms with Crippen molar-refractivity contribution in [1.82, 2.24) is 9.88 Å². The van der Waals surface area contributed by atoms with E-state index in [2.05, 4.69) is 4.98 Å². The van der Waals surface area contributed by atoms with Crippen molar-refractivity contribution in [1.29, 1.82) is 0 Å². The van der Waals surface area contributed by atoms with Crippen LogP contribution in [0.2, 0.25) is 0 Å². The lowest BCUT2D eigenvalue weighted by Crippen LogP contribution is -2.21. The summed E-state index contributed by atoms with van der Waals surface area (Å²) in [7, 11) is 3.90. The van der Waals surface area contributed by atoms with Gasteiger partial charge in [0.15, 0.2) is 0 Å². The number of hydrogen-bond donors (Lipinski definition) is 0. The summed E-state index contributed by atoms with van der Waals surface area (Å²) in [5.41, 5.74) is 1.02. The van der Waals surface area contributed by atoms with Crippen LogP contribution in [0.5, 0.6) is 0 Å². The third-order valence-corrected chi connectivity index (χ3v) is 2.07. The van der Waals surface area contributed by atoms with E-state index in [9.17, 15) is 0 Å². The van der Waals surface area contributed by atoms with Gasteiger partial charge in [0.2, 0.25) is 0 Å². The highest BCUT2D eigenvalue weighted by Crippen LogP contribution is 1.98. The Balaban J connectivity index is 2.59. The van der Waals surface area contributed by atoms with E-state index >= 15 is 0 Å². The highest BCUT2D eigenvalue weighted by atomic mass is 32.1. The summed E-state index contributed by atoms with van der Waals surface area (Å²) in [5, 5.41) is 0. The van der Waals surface area contributed by atoms with Crippen molar-refractivity contribution in [2.45, 2.75) is 6.42 Å². The van der Waals surface area contributed by atoms with Crippen molar-refractivity contribution in [3.05, 3.63) is 30.1 Å². The van der Waals surface area contributed by atoms with Crippen LogP contribution in [0.1, 0.15) is 5.69 Å². The number of likely N-dealkylation sites (N-methyl/N-ethyl adjacent to an activating group) is 1. The molecule has 1 aromatic heterocycles. The van der Waals surface area contributed by atoms with E-state index in [0.717, 1.165) is 17.1 Å². The van der Waals surface area contributed by atoms with Gasteiger partial charge in [0, 0.05) is 32.4 Å². The van der Waals surface area contributed by atoms with Crippen LogP contribution in [-0.2, 0) is 6.42 Å². The van der Waals surface area contributed by atoms with Gasteiger partial charge in [-0.05, 0) is 12.1 Å². The first kappa shape index (κ1) is 9.13. The molecule has 0 aliphatic rings. The molecule has 0 atom stereocenters. The van der Waals surface area contributed by atoms with E-state index in [1.807, 2.05) is 37.2 Å². The molecule has 0 aliphatic carbocycles. The predicted molar refractivity (Wildman–Crippen MR) is 54.2 cm³/mol. The van der Waals surface area contributed by atoms with Gasteiger partial charge in [-0.1, -0.05) is 18.3 Å². The topological polar surface area (TPSA) is 16.1 Å². The molecule has 2 nitrogen and oxygen atoms in total. The maximum atomic E-state index is 5.15. The maximum absolute atomic E-state index is 5.15. The van der Waals surface area contributed by atoms with Gasteiger partial charge >= 0.3 is 0 Å². The molecule has 0 spiro atoms. The maximum Gasteiger partial charge on any atom is 0.0834 e. The molecule has 3 heteroatoms. The van der Waals surface area contributed by atoms with Crippen LogP contribution in [0.4, 0.5) is 0 Å². The van der Waals surface area contributed by atoms with Gasteiger partial charge in [0.05, 0.1) is 4.99 Å². The highest BCUT2D eigenvalue weighted by Gasteiger charge is 2.00. The average Bonchev–Trinajstić information content (AvgIpc) is 2.06. The second-order valence-electron chi connectivity index (χ2n) is 2.79. The van der Waals surface area contributed by atoms with Gasteiger partial charge in [-0.25, -0.2) is 0 Å². The lowest BCUT2D eigenvalue weighted by molar-refractivity contribution is 0.623. The molecule has 0 saturated heterocycles. The number of hydrogen-bond acceptors (Lipinski definition) is 2. The van der Waals surface area contributed by atoms with Crippen LogP contribution >= 0.6 is 12.2 Å². The van der Waals surface area contributed by atoms with E-state index in [1.165, 1.54) is 0 Å². The molecule has 64 valence electrons. The molecule has 0 unspecified atom stereocenters. The Bertz CT molecular complexity index is 256. The molecule has 12 heavy (non-hydrogen) atoms. The third-order valence-electron chi connectivity index (χ3n) is 1.56. The van der Waals surface area contributed by atoms with Crippen molar-refractivity contribution >= 4 is 17.2 Å². The second-order valence-corrected chi connectivity index (χ2v) is 3.26. The predicted octanol–water partition coefficient (Wildman–Crippen LogP) is 1.51. The zero-order valence-electron chi connectivity index (χ0n) is 7.32. The minimum atomic E-state index is 0.753. The molecular formula is C9H12N2S. The van der Waals surface area contributed by atoms with Crippen LogP contribution in [0.3, 0.4) is 0 Å². The Morgan fingerprint density at radius 1 is 1.50 bits per heavy atom. The number of thiocarbonyl (C=S) groups is 1. The first-order valence-corrected chi connectivity index (χ1v) is 4.21. The standard InChI is InChI=1S/C9H12N2S/c1-11(2)9(12)7-8-5-3-4-6-10-8/h3-6H,7H2,1-2H3. The van der Waals surface area contributed by atoms with Gasteiger partial charge < -0.3 is 4.90 Å². The molecular weight excluding hydrogens is 168 g/mol. The van der Waals surface area contributed by atoms with Gasteiger partial charge in [-0.15, -0.1) is 0 Å². The number of nitrogens with zero attached hydrogens (tertiary/aromatic N) is 2. The molecule has 0 aliphatic heterocycles. The molecule has 0 bridgehead atoms. The van der Waals surface area contributed by atoms with E-state index in [-0.39, 0.29) is 0 Å². The molecule has 1 rings (SSSR count). The summed E-state index contributed by atoms with van der Waals surface area (Å²) >= 11 is 5.15. The van der Waals surface area contributed by atoms with E-state index in [1.54, 1.807) is 6.20 Å². The molecule has 0 fully saturated rings. The zero-order valence-corrected chi connectivity index (χ0v) is 8.14. The molecule has 0 saturated carbocycles. The van der Waals surface area contributed by atoms with Crippen LogP contribution in [0.15, 0.2) is 24.4 Å². The zero-order chi connectivity index (χ0) is 8.97. The van der Waals surface area contributed by atoms with Gasteiger partial charge in [-0.3, -0.25) is 4.98 Å². The van der Waals surface area contributed by atoms with Crippen LogP contribution in [0.25, 0.3) is 0 Å². The Hall–Kier alpha value is -0.960. The van der Waals surface area contributed by atoms with Crippen molar-refractivity contribution < 1.29 is 0 Å². The first-order valence-electron chi connectivity index (χ1n) is 3.80. The summed E-state index contributed by atoms with van der Waals surface area (Å²) in [6.45, 7) is 0. The van der Waals surface area contributed by atoms with E-state index in [4.69, 9.17) is 12.2 Å². The first-order chi connectivity index (χ1) is 5.70. The summed E-state index contributed by atoms with van der Waals surface area (Å²) in [5.74, 6) is 0. The quantitative estimate of drug-likeness (QED) is 0.642. The van der Waals surface area contributed by atoms with Crippen LogP contribution in [0, 0.1) is 0 Å². The van der Waals surface area contributed by atoms with Gasteiger partial charge in [0.1, 0.15) is 0 Å². The molecule has 0 aromatic carbocycles. The van der Waals surface area contributed by atoms with Gasteiger partial charge in [-0.2, -0.15) is 0 Å². The fourth-order valence-corrected chi connectivity index (χ4v) is 0.964. The van der Waals surface area contributed by atoms with Crippen LogP contribution < -0.4 is 0 Å². The Morgan fingerprint density at radius 2 is 2.25 bits per heavy atom. The summed E-state index contributed by atoms with van der Waals surface area (Å²) in [6.07, 6.45) is 2.54. The SMILES string of the molecule is CN(C)C(=S)Cc1ccccn1. The summed E-state index contributed by atoms with van der Waals surface area (Å²) in [4.78, 5) is 7.03. The normalized spacial score (nSPS) is 9.50. The van der Waals surface area contributed by atoms with Crippen molar-refractivity contribution in [3.63, 3.8) is 0 Å². The monoisotopic (exact) mass is 180 g/mol. The highest BCUT2D eigenvalue weighted by molar-refractivity contribution is 7.80. The lowest BCUT2D eigenvalue weighted by atomic mass is 10.2. The summed E-state index contributed by atoms with van der Waals surface area (Å²) in [6, 6.07) is 5.86. The lowest BCUT2D eigenvalue weighted by Gasteiger charge is -2.12. The Morgan fingerprint density at radius 3 is 2.75 bits per heavy atom.